The van der Waals surface area contributed by atoms with E-state index in [0.29, 0.717) is 17.2 Å². The Hall–Kier alpha value is -2.72. The van der Waals surface area contributed by atoms with Crippen molar-refractivity contribution in [3.8, 4) is 11.5 Å². The van der Waals surface area contributed by atoms with E-state index in [2.05, 4.69) is 37.2 Å². The number of hydrogen-bond acceptors (Lipinski definition) is 6. The number of esters is 1. The third-order valence-electron chi connectivity index (χ3n) is 7.21. The number of amides is 3. The maximum atomic E-state index is 13.1. The zero-order chi connectivity index (χ0) is 25.6. The molecular weight excluding hydrogens is 596 g/mol. The number of carbonyl (C=O) groups excluding carboxylic acids is 4. The number of ether oxygens (including phenoxy) is 2. The van der Waals surface area contributed by atoms with Crippen LogP contribution < -0.4 is 10.1 Å². The largest absolute Gasteiger partial charge is 0.457 e. The van der Waals surface area contributed by atoms with Crippen LogP contribution in [0.5, 0.6) is 11.5 Å². The zero-order valence-corrected chi connectivity index (χ0v) is 22.5. The summed E-state index contributed by atoms with van der Waals surface area (Å²) in [6.45, 7) is 0.925. The fourth-order valence-electron chi connectivity index (χ4n) is 5.54. The number of nitrogens with one attached hydrogen (secondary N) is 1. The summed E-state index contributed by atoms with van der Waals surface area (Å²) in [5.41, 5.74) is 0.506. The van der Waals surface area contributed by atoms with Gasteiger partial charge in [-0.1, -0.05) is 50.1 Å². The Morgan fingerprint density at radius 3 is 2.08 bits per heavy atom. The number of alkyl halides is 2. The fourth-order valence-corrected chi connectivity index (χ4v) is 7.42. The number of para-hydroxylation sites is 1. The molecule has 36 heavy (non-hydrogen) atoms. The molecule has 0 radical (unpaired) electrons. The molecular formula is C26H24Br2N2O6. The van der Waals surface area contributed by atoms with Crippen LogP contribution in [0.25, 0.3) is 0 Å². The van der Waals surface area contributed by atoms with Crippen LogP contribution in [0.1, 0.15) is 13.3 Å². The smallest absolute Gasteiger partial charge is 0.329 e. The topological polar surface area (TPSA) is 102 Å². The molecule has 0 aromatic heterocycles. The molecule has 7 atom stereocenters. The van der Waals surface area contributed by atoms with Gasteiger partial charge in [0, 0.05) is 15.3 Å². The second-order valence-electron chi connectivity index (χ2n) is 9.32. The minimum atomic E-state index is -1.10. The van der Waals surface area contributed by atoms with Crippen molar-refractivity contribution in [2.45, 2.75) is 29.0 Å². The van der Waals surface area contributed by atoms with Crippen molar-refractivity contribution < 1.29 is 28.7 Å². The van der Waals surface area contributed by atoms with Crippen LogP contribution in [0.2, 0.25) is 0 Å². The first-order valence-corrected chi connectivity index (χ1v) is 13.5. The normalized spacial score (nSPS) is 29.1. The highest BCUT2D eigenvalue weighted by atomic mass is 79.9. The Kier molecular flexibility index (Phi) is 6.91. The number of nitrogens with zero attached hydrogens (tertiary/aromatic N) is 1. The lowest BCUT2D eigenvalue weighted by Crippen LogP contribution is -2.45. The van der Waals surface area contributed by atoms with E-state index >= 15 is 0 Å². The van der Waals surface area contributed by atoms with Crippen molar-refractivity contribution >= 4 is 61.2 Å². The number of anilines is 1. The minimum absolute atomic E-state index is 0.0595. The van der Waals surface area contributed by atoms with Gasteiger partial charge in [0.1, 0.15) is 17.5 Å². The summed E-state index contributed by atoms with van der Waals surface area (Å²) < 4.78 is 10.9. The lowest BCUT2D eigenvalue weighted by atomic mass is 9.81. The number of hydrogen-bond donors (Lipinski definition) is 1. The third kappa shape index (κ3) is 4.45. The van der Waals surface area contributed by atoms with Crippen LogP contribution in [-0.2, 0) is 23.9 Å². The molecule has 2 saturated carbocycles. The van der Waals surface area contributed by atoms with Crippen LogP contribution in [0.15, 0.2) is 54.6 Å². The Labute approximate surface area is 224 Å². The number of carbonyl (C=O) groups is 4. The summed E-state index contributed by atoms with van der Waals surface area (Å²) in [6, 6.07) is 15.0. The molecule has 0 unspecified atom stereocenters. The number of halogens is 2. The first-order valence-electron chi connectivity index (χ1n) is 11.7. The van der Waals surface area contributed by atoms with Crippen molar-refractivity contribution in [3.05, 3.63) is 54.6 Å². The molecule has 2 aromatic carbocycles. The highest BCUT2D eigenvalue weighted by molar-refractivity contribution is 9.12. The van der Waals surface area contributed by atoms with Crippen LogP contribution in [0, 0.1) is 23.7 Å². The standard InChI is InChI=1S/C26H24Br2N2O6/c1-13(30-24(32)20-17-11-18(21(20)25(30)33)23(28)22(17)27)26(34)35-12-19(31)29-14-7-9-16(10-8-14)36-15-5-3-2-4-6-15/h2-10,13,17-18,20-23H,11-12H2,1H3,(H,29,31)/t13-,17-,18-,20-,21+,22-,23+/m1/s1. The Balaban J connectivity index is 1.13. The van der Waals surface area contributed by atoms with Gasteiger partial charge in [0.05, 0.1) is 11.8 Å². The molecule has 188 valence electrons. The molecule has 1 saturated heterocycles. The van der Waals surface area contributed by atoms with E-state index in [-0.39, 0.29) is 33.3 Å². The Morgan fingerprint density at radius 2 is 1.50 bits per heavy atom. The van der Waals surface area contributed by atoms with Gasteiger partial charge in [0.15, 0.2) is 6.61 Å². The van der Waals surface area contributed by atoms with E-state index < -0.39 is 36.4 Å². The molecule has 3 aliphatic rings. The molecule has 1 aliphatic heterocycles. The molecule has 2 aromatic rings. The molecule has 1 N–H and O–H groups in total. The Bertz CT molecular complexity index is 1160. The highest BCUT2D eigenvalue weighted by Crippen LogP contribution is 2.60. The van der Waals surface area contributed by atoms with Crippen molar-refractivity contribution in [2.24, 2.45) is 23.7 Å². The van der Waals surface area contributed by atoms with E-state index in [9.17, 15) is 19.2 Å². The summed E-state index contributed by atoms with van der Waals surface area (Å²) in [5.74, 6) is -1.38. The van der Waals surface area contributed by atoms with Crippen LogP contribution in [0.4, 0.5) is 5.69 Å². The zero-order valence-electron chi connectivity index (χ0n) is 19.3. The summed E-state index contributed by atoms with van der Waals surface area (Å²) in [4.78, 5) is 52.4. The quantitative estimate of drug-likeness (QED) is 0.284. The number of fused-ring (bicyclic) bond motifs is 5. The lowest BCUT2D eigenvalue weighted by molar-refractivity contribution is -0.159. The average molecular weight is 620 g/mol. The van der Waals surface area contributed by atoms with E-state index in [1.807, 2.05) is 30.3 Å². The van der Waals surface area contributed by atoms with E-state index in [0.717, 1.165) is 11.3 Å². The molecule has 2 aliphatic carbocycles. The first kappa shape index (κ1) is 25.0. The first-order chi connectivity index (χ1) is 17.3. The van der Waals surface area contributed by atoms with Gasteiger partial charge in [0.25, 0.3) is 5.91 Å². The monoisotopic (exact) mass is 618 g/mol. The van der Waals surface area contributed by atoms with E-state index in [1.54, 1.807) is 24.3 Å². The second-order valence-corrected chi connectivity index (χ2v) is 11.4. The van der Waals surface area contributed by atoms with Gasteiger partial charge in [-0.15, -0.1) is 0 Å². The average Bonchev–Trinajstić information content (AvgIpc) is 3.48. The lowest BCUT2D eigenvalue weighted by Gasteiger charge is -2.28. The van der Waals surface area contributed by atoms with Gasteiger partial charge in [-0.05, 0) is 61.6 Å². The fraction of sp³-hybridized carbons (Fsp3) is 0.385. The van der Waals surface area contributed by atoms with Crippen molar-refractivity contribution in [1.82, 2.24) is 4.90 Å². The number of rotatable bonds is 7. The van der Waals surface area contributed by atoms with Crippen molar-refractivity contribution in [3.63, 3.8) is 0 Å². The molecule has 3 fully saturated rings. The summed E-state index contributed by atoms with van der Waals surface area (Å²) >= 11 is 7.29. The van der Waals surface area contributed by atoms with Gasteiger partial charge in [0.2, 0.25) is 11.8 Å². The molecule has 0 spiro atoms. The second kappa shape index (κ2) is 9.97. The van der Waals surface area contributed by atoms with Gasteiger partial charge in [-0.25, -0.2) is 4.79 Å². The molecule has 8 nitrogen and oxygen atoms in total. The molecule has 3 amide bonds. The maximum Gasteiger partial charge on any atom is 0.329 e. The van der Waals surface area contributed by atoms with E-state index in [4.69, 9.17) is 9.47 Å². The van der Waals surface area contributed by atoms with Crippen molar-refractivity contribution in [1.29, 1.82) is 0 Å². The van der Waals surface area contributed by atoms with Gasteiger partial charge in [-0.3, -0.25) is 19.3 Å². The van der Waals surface area contributed by atoms with E-state index in [1.165, 1.54) is 6.92 Å². The van der Waals surface area contributed by atoms with Gasteiger partial charge >= 0.3 is 5.97 Å². The molecule has 5 rings (SSSR count). The molecule has 2 bridgehead atoms. The predicted molar refractivity (Wildman–Crippen MR) is 138 cm³/mol. The summed E-state index contributed by atoms with van der Waals surface area (Å²) in [5, 5.41) is 2.65. The number of benzene rings is 2. The van der Waals surface area contributed by atoms with Crippen LogP contribution in [-0.4, -0.2) is 50.9 Å². The number of imide groups is 1. The summed E-state index contributed by atoms with van der Waals surface area (Å²) in [6.07, 6.45) is 0.810. The van der Waals surface area contributed by atoms with Crippen LogP contribution in [0.3, 0.4) is 0 Å². The number of likely N-dealkylation sites (tertiary alicyclic amines) is 1. The maximum absolute atomic E-state index is 13.1. The third-order valence-corrected chi connectivity index (χ3v) is 10.4. The van der Waals surface area contributed by atoms with Gasteiger partial charge < -0.3 is 14.8 Å². The summed E-state index contributed by atoms with van der Waals surface area (Å²) in [7, 11) is 0. The highest BCUT2D eigenvalue weighted by Gasteiger charge is 2.67. The molecule has 1 heterocycles. The van der Waals surface area contributed by atoms with Crippen molar-refractivity contribution in [2.75, 3.05) is 11.9 Å². The Morgan fingerprint density at radius 1 is 0.944 bits per heavy atom. The SMILES string of the molecule is C[C@H](C(=O)OCC(=O)Nc1ccc(Oc2ccccc2)cc1)N1C(=O)[C@@H]2[C@H]3C[C@@H]([C@H](Br)[C@@H]3Br)[C@@H]2C1=O. The van der Waals surface area contributed by atoms with Crippen LogP contribution >= 0.6 is 31.9 Å². The van der Waals surface area contributed by atoms with Gasteiger partial charge in [-0.2, -0.15) is 0 Å². The molecule has 10 heteroatoms. The minimum Gasteiger partial charge on any atom is -0.457 e. The predicted octanol–water partition coefficient (Wildman–Crippen LogP) is 4.13.